The van der Waals surface area contributed by atoms with Gasteiger partial charge in [-0.05, 0) is 49.2 Å². The molecule has 126 valence electrons. The summed E-state index contributed by atoms with van der Waals surface area (Å²) in [6.45, 7) is 2.78. The number of nitrogens with two attached hydrogens (primary N) is 1. The summed E-state index contributed by atoms with van der Waals surface area (Å²) in [5.74, 6) is 0. The third kappa shape index (κ3) is 3.21. The van der Waals surface area contributed by atoms with Gasteiger partial charge in [0.05, 0.1) is 5.52 Å². The smallest absolute Gasteiger partial charge is 0.123 e. The molecule has 0 aliphatic heterocycles. The van der Waals surface area contributed by atoms with E-state index in [0.717, 1.165) is 28.9 Å². The van der Waals surface area contributed by atoms with Gasteiger partial charge in [-0.25, -0.2) is 4.68 Å². The summed E-state index contributed by atoms with van der Waals surface area (Å²) >= 11 is 1.76. The molecule has 0 aliphatic carbocycles. The van der Waals surface area contributed by atoms with Gasteiger partial charge in [-0.15, -0.1) is 16.4 Å². The van der Waals surface area contributed by atoms with Crippen LogP contribution in [0.15, 0.2) is 54.6 Å². The zero-order chi connectivity index (χ0) is 17.2. The van der Waals surface area contributed by atoms with Crippen molar-refractivity contribution in [1.29, 1.82) is 0 Å². The summed E-state index contributed by atoms with van der Waals surface area (Å²) < 4.78 is 1.96. The van der Waals surface area contributed by atoms with Crippen LogP contribution in [0.4, 0.5) is 0 Å². The average Bonchev–Trinajstić information content (AvgIpc) is 3.19. The lowest BCUT2D eigenvalue weighted by atomic mass is 10.0. The minimum absolute atomic E-state index is 0.655. The maximum atomic E-state index is 5.77. The number of para-hydroxylation sites is 1. The Morgan fingerprint density at radius 2 is 1.96 bits per heavy atom. The third-order valence-corrected chi connectivity index (χ3v) is 5.46. The Kier molecular flexibility index (Phi) is 4.34. The molecule has 0 saturated heterocycles. The van der Waals surface area contributed by atoms with Crippen LogP contribution in [-0.2, 0) is 12.8 Å². The van der Waals surface area contributed by atoms with Gasteiger partial charge in [0.1, 0.15) is 10.5 Å². The maximum Gasteiger partial charge on any atom is 0.123 e. The highest BCUT2D eigenvalue weighted by molar-refractivity contribution is 7.14. The Morgan fingerprint density at radius 1 is 1.08 bits per heavy atom. The Morgan fingerprint density at radius 3 is 2.80 bits per heavy atom. The lowest BCUT2D eigenvalue weighted by molar-refractivity contribution is 0.828. The normalized spacial score (nSPS) is 11.3. The highest BCUT2D eigenvalue weighted by atomic mass is 32.1. The predicted molar refractivity (Wildman–Crippen MR) is 103 cm³/mol. The first kappa shape index (κ1) is 16.0. The lowest BCUT2D eigenvalue weighted by Gasteiger charge is -2.05. The van der Waals surface area contributed by atoms with Crippen LogP contribution in [0.2, 0.25) is 0 Å². The first-order chi connectivity index (χ1) is 12.2. The van der Waals surface area contributed by atoms with E-state index in [1.807, 2.05) is 22.9 Å². The second kappa shape index (κ2) is 6.78. The summed E-state index contributed by atoms with van der Waals surface area (Å²) in [6, 6.07) is 19.0. The molecule has 2 aromatic carbocycles. The number of aryl methyl sites for hydroxylation is 1. The van der Waals surface area contributed by atoms with Crippen LogP contribution in [0.1, 0.15) is 21.6 Å². The molecule has 2 N–H and O–H groups in total. The van der Waals surface area contributed by atoms with E-state index in [1.165, 1.54) is 21.6 Å². The maximum absolute atomic E-state index is 5.77. The van der Waals surface area contributed by atoms with Crippen molar-refractivity contribution in [2.24, 2.45) is 5.73 Å². The molecule has 25 heavy (non-hydrogen) atoms. The van der Waals surface area contributed by atoms with Gasteiger partial charge in [-0.1, -0.05) is 47.2 Å². The number of hydrogen-bond acceptors (Lipinski definition) is 4. The van der Waals surface area contributed by atoms with Crippen molar-refractivity contribution >= 4 is 22.4 Å². The quantitative estimate of drug-likeness (QED) is 0.595. The Hall–Kier alpha value is -2.50. The van der Waals surface area contributed by atoms with E-state index in [1.54, 1.807) is 11.3 Å². The van der Waals surface area contributed by atoms with E-state index in [2.05, 4.69) is 53.6 Å². The Balaban J connectivity index is 1.80. The van der Waals surface area contributed by atoms with Crippen LogP contribution in [0.3, 0.4) is 0 Å². The molecular weight excluding hydrogens is 328 g/mol. The van der Waals surface area contributed by atoms with Crippen LogP contribution in [0.25, 0.3) is 16.0 Å². The van der Waals surface area contributed by atoms with E-state index in [-0.39, 0.29) is 0 Å². The standard InChI is InChI=1S/C20H20N4S/c1-14-5-4-6-15(11-14)12-16-13-17(9-10-21)25-20(16)24-19-8-3-2-7-18(19)22-23-24/h2-8,11,13H,9-10,12,21H2,1H3. The molecule has 5 heteroatoms. The molecule has 4 aromatic rings. The topological polar surface area (TPSA) is 56.7 Å². The minimum Gasteiger partial charge on any atom is -0.330 e. The fraction of sp³-hybridized carbons (Fsp3) is 0.200. The van der Waals surface area contributed by atoms with Gasteiger partial charge in [0.2, 0.25) is 0 Å². The summed E-state index contributed by atoms with van der Waals surface area (Å²) in [5, 5.41) is 9.85. The number of benzene rings is 2. The second-order valence-electron chi connectivity index (χ2n) is 6.24. The molecular formula is C20H20N4S. The molecule has 4 nitrogen and oxygen atoms in total. The molecule has 4 rings (SSSR count). The molecule has 0 bridgehead atoms. The van der Waals surface area contributed by atoms with Crippen LogP contribution >= 0.6 is 11.3 Å². The fourth-order valence-electron chi connectivity index (χ4n) is 3.11. The van der Waals surface area contributed by atoms with E-state index >= 15 is 0 Å². The molecule has 0 radical (unpaired) electrons. The molecule has 0 amide bonds. The number of thiophene rings is 1. The van der Waals surface area contributed by atoms with Crippen molar-refractivity contribution in [3.63, 3.8) is 0 Å². The summed E-state index contributed by atoms with van der Waals surface area (Å²) in [7, 11) is 0. The highest BCUT2D eigenvalue weighted by Crippen LogP contribution is 2.30. The van der Waals surface area contributed by atoms with Crippen molar-refractivity contribution in [2.45, 2.75) is 19.8 Å². The average molecular weight is 348 g/mol. The molecule has 2 heterocycles. The molecule has 0 spiro atoms. The van der Waals surface area contributed by atoms with Crippen molar-refractivity contribution in [3.8, 4) is 5.00 Å². The second-order valence-corrected chi connectivity index (χ2v) is 7.35. The molecule has 0 unspecified atom stereocenters. The van der Waals surface area contributed by atoms with Crippen molar-refractivity contribution < 1.29 is 0 Å². The molecule has 2 aromatic heterocycles. The number of nitrogens with zero attached hydrogens (tertiary/aromatic N) is 3. The van der Waals surface area contributed by atoms with Gasteiger partial charge in [-0.2, -0.15) is 0 Å². The molecule has 0 saturated carbocycles. The summed E-state index contributed by atoms with van der Waals surface area (Å²) in [6.07, 6.45) is 1.77. The van der Waals surface area contributed by atoms with E-state index in [0.29, 0.717) is 6.54 Å². The van der Waals surface area contributed by atoms with Crippen molar-refractivity contribution in [2.75, 3.05) is 6.54 Å². The number of aromatic nitrogens is 3. The molecule has 0 atom stereocenters. The largest absolute Gasteiger partial charge is 0.330 e. The Bertz CT molecular complexity index is 1020. The first-order valence-electron chi connectivity index (χ1n) is 8.42. The third-order valence-electron chi connectivity index (χ3n) is 4.25. The zero-order valence-electron chi connectivity index (χ0n) is 14.1. The van der Waals surface area contributed by atoms with Crippen molar-refractivity contribution in [3.05, 3.63) is 76.2 Å². The van der Waals surface area contributed by atoms with E-state index in [4.69, 9.17) is 5.73 Å². The zero-order valence-corrected chi connectivity index (χ0v) is 15.0. The number of fused-ring (bicyclic) bond motifs is 1. The predicted octanol–water partition coefficient (Wildman–Crippen LogP) is 3.88. The van der Waals surface area contributed by atoms with Crippen LogP contribution in [0, 0.1) is 6.92 Å². The van der Waals surface area contributed by atoms with Crippen LogP contribution in [0.5, 0.6) is 0 Å². The summed E-state index contributed by atoms with van der Waals surface area (Å²) in [5.41, 5.74) is 11.6. The van der Waals surface area contributed by atoms with Gasteiger partial charge in [-0.3, -0.25) is 0 Å². The van der Waals surface area contributed by atoms with Gasteiger partial charge in [0, 0.05) is 11.3 Å². The van der Waals surface area contributed by atoms with Gasteiger partial charge in [0.15, 0.2) is 0 Å². The SMILES string of the molecule is Cc1cccc(Cc2cc(CCN)sc2-n2nnc3ccccc32)c1. The minimum atomic E-state index is 0.655. The van der Waals surface area contributed by atoms with E-state index < -0.39 is 0 Å². The van der Waals surface area contributed by atoms with Gasteiger partial charge >= 0.3 is 0 Å². The molecule has 0 aliphatic rings. The van der Waals surface area contributed by atoms with Gasteiger partial charge in [0.25, 0.3) is 0 Å². The van der Waals surface area contributed by atoms with E-state index in [9.17, 15) is 0 Å². The molecule has 0 fully saturated rings. The monoisotopic (exact) mass is 348 g/mol. The summed E-state index contributed by atoms with van der Waals surface area (Å²) in [4.78, 5) is 1.29. The van der Waals surface area contributed by atoms with Crippen LogP contribution < -0.4 is 5.73 Å². The number of rotatable bonds is 5. The lowest BCUT2D eigenvalue weighted by Crippen LogP contribution is -2.00. The number of hydrogen-bond donors (Lipinski definition) is 1. The Labute approximate surface area is 150 Å². The highest BCUT2D eigenvalue weighted by Gasteiger charge is 2.15. The fourth-order valence-corrected chi connectivity index (χ4v) is 4.26. The van der Waals surface area contributed by atoms with Crippen molar-refractivity contribution in [1.82, 2.24) is 15.0 Å². The van der Waals surface area contributed by atoms with Crippen LogP contribution in [-0.4, -0.2) is 21.5 Å². The first-order valence-corrected chi connectivity index (χ1v) is 9.24. The van der Waals surface area contributed by atoms with Gasteiger partial charge < -0.3 is 5.73 Å².